The Labute approximate surface area is 94.6 Å². The molecule has 1 aliphatic heterocycles. The minimum atomic E-state index is -0.193. The van der Waals surface area contributed by atoms with Gasteiger partial charge in [0.25, 0.3) is 0 Å². The van der Waals surface area contributed by atoms with E-state index in [1.807, 2.05) is 6.07 Å². The number of nitrogens with one attached hydrogen (secondary N) is 1. The van der Waals surface area contributed by atoms with E-state index < -0.39 is 0 Å². The normalized spacial score (nSPS) is 20.9. The number of rotatable bonds is 4. The fourth-order valence-electron chi connectivity index (χ4n) is 1.69. The molecule has 0 aromatic heterocycles. The van der Waals surface area contributed by atoms with Crippen LogP contribution in [0.25, 0.3) is 0 Å². The molecule has 1 heterocycles. The second kappa shape index (κ2) is 5.94. The molecule has 1 unspecified atom stereocenters. The predicted molar refractivity (Wildman–Crippen MR) is 58.4 cm³/mol. The summed E-state index contributed by atoms with van der Waals surface area (Å²) < 4.78 is 23.3. The van der Waals surface area contributed by atoms with Crippen LogP contribution in [0.1, 0.15) is 12.0 Å². The molecule has 1 aromatic rings. The zero-order chi connectivity index (χ0) is 11.2. The van der Waals surface area contributed by atoms with Crippen molar-refractivity contribution in [3.63, 3.8) is 0 Å². The molecule has 0 radical (unpaired) electrons. The van der Waals surface area contributed by atoms with Crippen molar-refractivity contribution in [2.24, 2.45) is 0 Å². The zero-order valence-electron chi connectivity index (χ0n) is 9.12. The Morgan fingerprint density at radius 1 is 1.44 bits per heavy atom. The van der Waals surface area contributed by atoms with Gasteiger partial charge in [-0.2, -0.15) is 0 Å². The van der Waals surface area contributed by atoms with Gasteiger partial charge in [-0.25, -0.2) is 4.39 Å². The molecule has 1 aliphatic rings. The van der Waals surface area contributed by atoms with E-state index in [1.165, 1.54) is 12.1 Å². The second-order valence-electron chi connectivity index (χ2n) is 3.86. The summed E-state index contributed by atoms with van der Waals surface area (Å²) in [6.07, 6.45) is 1.12. The quantitative estimate of drug-likeness (QED) is 0.845. The predicted octanol–water partition coefficient (Wildman–Crippen LogP) is 1.68. The lowest BCUT2D eigenvalue weighted by Crippen LogP contribution is -2.33. The summed E-state index contributed by atoms with van der Waals surface area (Å²) in [6.45, 7) is 2.58. The summed E-state index contributed by atoms with van der Waals surface area (Å²) in [7, 11) is 0. The van der Waals surface area contributed by atoms with E-state index in [9.17, 15) is 4.39 Å². The van der Waals surface area contributed by atoms with Gasteiger partial charge in [0.2, 0.25) is 0 Å². The van der Waals surface area contributed by atoms with Crippen molar-refractivity contribution in [2.45, 2.75) is 19.1 Å². The molecule has 0 bridgehead atoms. The molecule has 0 spiro atoms. The number of hydrogen-bond acceptors (Lipinski definition) is 3. The van der Waals surface area contributed by atoms with Crippen molar-refractivity contribution < 1.29 is 13.9 Å². The molecule has 1 aromatic carbocycles. The molecule has 1 fully saturated rings. The monoisotopic (exact) mass is 225 g/mol. The Kier molecular flexibility index (Phi) is 4.27. The van der Waals surface area contributed by atoms with Crippen LogP contribution < -0.4 is 5.32 Å². The van der Waals surface area contributed by atoms with Gasteiger partial charge in [0.15, 0.2) is 0 Å². The number of halogens is 1. The minimum Gasteiger partial charge on any atom is -0.355 e. The molecule has 0 aliphatic carbocycles. The largest absolute Gasteiger partial charge is 0.355 e. The van der Waals surface area contributed by atoms with Crippen LogP contribution in [-0.4, -0.2) is 26.0 Å². The van der Waals surface area contributed by atoms with Crippen LogP contribution in [0.2, 0.25) is 0 Å². The van der Waals surface area contributed by atoms with Crippen LogP contribution in [0.5, 0.6) is 0 Å². The second-order valence-corrected chi connectivity index (χ2v) is 3.86. The van der Waals surface area contributed by atoms with Gasteiger partial charge in [-0.15, -0.1) is 0 Å². The summed E-state index contributed by atoms with van der Waals surface area (Å²) in [6, 6.07) is 6.61. The van der Waals surface area contributed by atoms with Crippen LogP contribution in [0, 0.1) is 5.82 Å². The molecule has 1 atom stereocenters. The van der Waals surface area contributed by atoms with E-state index in [-0.39, 0.29) is 11.9 Å². The summed E-state index contributed by atoms with van der Waals surface area (Å²) in [4.78, 5) is 0. The molecule has 1 N–H and O–H groups in total. The van der Waals surface area contributed by atoms with Gasteiger partial charge in [-0.05, 0) is 24.1 Å². The van der Waals surface area contributed by atoms with E-state index >= 15 is 0 Å². The van der Waals surface area contributed by atoms with Crippen molar-refractivity contribution in [3.8, 4) is 0 Å². The van der Waals surface area contributed by atoms with E-state index in [2.05, 4.69) is 5.32 Å². The molecule has 16 heavy (non-hydrogen) atoms. The van der Waals surface area contributed by atoms with Crippen molar-refractivity contribution in [3.05, 3.63) is 35.6 Å². The third-order valence-corrected chi connectivity index (χ3v) is 2.56. The molecule has 1 saturated heterocycles. The SMILES string of the molecule is Fc1cccc(CNCC2CCOCO2)c1. The van der Waals surface area contributed by atoms with Crippen molar-refractivity contribution in [2.75, 3.05) is 19.9 Å². The van der Waals surface area contributed by atoms with Gasteiger partial charge in [-0.1, -0.05) is 12.1 Å². The van der Waals surface area contributed by atoms with Crippen LogP contribution in [0.3, 0.4) is 0 Å². The fourth-order valence-corrected chi connectivity index (χ4v) is 1.69. The highest BCUT2D eigenvalue weighted by Crippen LogP contribution is 2.06. The zero-order valence-corrected chi connectivity index (χ0v) is 9.12. The Morgan fingerprint density at radius 3 is 3.12 bits per heavy atom. The van der Waals surface area contributed by atoms with Gasteiger partial charge in [0.1, 0.15) is 12.6 Å². The Balaban J connectivity index is 1.71. The van der Waals surface area contributed by atoms with Gasteiger partial charge < -0.3 is 14.8 Å². The lowest BCUT2D eigenvalue weighted by Gasteiger charge is -2.22. The van der Waals surface area contributed by atoms with Crippen molar-refractivity contribution in [1.82, 2.24) is 5.32 Å². The lowest BCUT2D eigenvalue weighted by atomic mass is 10.2. The molecule has 0 saturated carbocycles. The maximum absolute atomic E-state index is 12.9. The topological polar surface area (TPSA) is 30.5 Å². The first-order valence-electron chi connectivity index (χ1n) is 5.49. The highest BCUT2D eigenvalue weighted by atomic mass is 19.1. The molecule has 2 rings (SSSR count). The molecular formula is C12H16FNO2. The smallest absolute Gasteiger partial charge is 0.147 e. The third-order valence-electron chi connectivity index (χ3n) is 2.56. The summed E-state index contributed by atoms with van der Waals surface area (Å²) >= 11 is 0. The van der Waals surface area contributed by atoms with Crippen LogP contribution in [0.4, 0.5) is 4.39 Å². The Hall–Kier alpha value is -0.970. The van der Waals surface area contributed by atoms with E-state index in [4.69, 9.17) is 9.47 Å². The van der Waals surface area contributed by atoms with Crippen molar-refractivity contribution >= 4 is 0 Å². The molecule has 3 nitrogen and oxygen atoms in total. The van der Waals surface area contributed by atoms with Gasteiger partial charge in [-0.3, -0.25) is 0 Å². The summed E-state index contributed by atoms with van der Waals surface area (Å²) in [5.74, 6) is -0.193. The van der Waals surface area contributed by atoms with Gasteiger partial charge in [0.05, 0.1) is 12.7 Å². The summed E-state index contributed by atoms with van der Waals surface area (Å²) in [5, 5.41) is 3.25. The maximum atomic E-state index is 12.9. The molecule has 4 heteroatoms. The molecule has 0 amide bonds. The molecular weight excluding hydrogens is 209 g/mol. The first-order chi connectivity index (χ1) is 7.84. The standard InChI is InChI=1S/C12H16FNO2/c13-11-3-1-2-10(6-11)7-14-8-12-4-5-15-9-16-12/h1-3,6,12,14H,4-5,7-9H2. The van der Waals surface area contributed by atoms with E-state index in [1.54, 1.807) is 6.07 Å². The highest BCUT2D eigenvalue weighted by molar-refractivity contribution is 5.15. The average Bonchev–Trinajstić information content (AvgIpc) is 2.30. The first-order valence-corrected chi connectivity index (χ1v) is 5.49. The lowest BCUT2D eigenvalue weighted by molar-refractivity contribution is -0.137. The third kappa shape index (κ3) is 3.56. The number of benzene rings is 1. The van der Waals surface area contributed by atoms with Gasteiger partial charge in [0, 0.05) is 13.1 Å². The van der Waals surface area contributed by atoms with Crippen LogP contribution in [-0.2, 0) is 16.0 Å². The first kappa shape index (κ1) is 11.5. The fraction of sp³-hybridized carbons (Fsp3) is 0.500. The minimum absolute atomic E-state index is 0.193. The maximum Gasteiger partial charge on any atom is 0.147 e. The summed E-state index contributed by atoms with van der Waals surface area (Å²) in [5.41, 5.74) is 0.951. The Bertz CT molecular complexity index is 327. The Morgan fingerprint density at radius 2 is 2.38 bits per heavy atom. The number of hydrogen-bond donors (Lipinski definition) is 1. The van der Waals surface area contributed by atoms with E-state index in [0.717, 1.165) is 25.1 Å². The van der Waals surface area contributed by atoms with Crippen molar-refractivity contribution in [1.29, 1.82) is 0 Å². The average molecular weight is 225 g/mol. The molecule has 88 valence electrons. The number of ether oxygens (including phenoxy) is 2. The van der Waals surface area contributed by atoms with Crippen LogP contribution in [0.15, 0.2) is 24.3 Å². The van der Waals surface area contributed by atoms with Gasteiger partial charge >= 0.3 is 0 Å². The van der Waals surface area contributed by atoms with Crippen LogP contribution >= 0.6 is 0 Å². The highest BCUT2D eigenvalue weighted by Gasteiger charge is 2.13. The van der Waals surface area contributed by atoms with E-state index in [0.29, 0.717) is 13.3 Å².